The van der Waals surface area contributed by atoms with Gasteiger partial charge in [-0.05, 0) is 44.0 Å². The van der Waals surface area contributed by atoms with Gasteiger partial charge in [0.15, 0.2) is 0 Å². The fourth-order valence-electron chi connectivity index (χ4n) is 3.42. The average molecular weight is 458 g/mol. The van der Waals surface area contributed by atoms with Gasteiger partial charge in [0, 0.05) is 19.6 Å². The van der Waals surface area contributed by atoms with Gasteiger partial charge in [0.05, 0.1) is 23.8 Å². The number of aliphatic carboxylic acids is 2. The molecular weight excluding hydrogens is 433 g/mol. The summed E-state index contributed by atoms with van der Waals surface area (Å²) in [7, 11) is 0. The number of carboxylic acid groups (broad SMARTS) is 2. The third-order valence-electron chi connectivity index (χ3n) is 4.94. The Hall–Kier alpha value is -2.99. The summed E-state index contributed by atoms with van der Waals surface area (Å²) in [5, 5.41) is 19.5. The second-order valence-electron chi connectivity index (χ2n) is 7.40. The van der Waals surface area contributed by atoms with Gasteiger partial charge in [0.25, 0.3) is 5.56 Å². The van der Waals surface area contributed by atoms with Crippen LogP contribution in [0.5, 0.6) is 0 Å². The number of para-hydroxylation sites is 1. The third-order valence-corrected chi connectivity index (χ3v) is 4.94. The number of nitrogens with zero attached hydrogens (tertiary/aromatic N) is 3. The first kappa shape index (κ1) is 25.3. The Morgan fingerprint density at radius 2 is 1.88 bits per heavy atom. The van der Waals surface area contributed by atoms with Gasteiger partial charge >= 0.3 is 18.1 Å². The minimum Gasteiger partial charge on any atom is -0.480 e. The van der Waals surface area contributed by atoms with Gasteiger partial charge in [-0.2, -0.15) is 13.2 Å². The predicted octanol–water partition coefficient (Wildman–Crippen LogP) is 1.42. The van der Waals surface area contributed by atoms with Gasteiger partial charge in [-0.25, -0.2) is 9.78 Å². The van der Waals surface area contributed by atoms with Crippen molar-refractivity contribution in [1.82, 2.24) is 19.8 Å². The van der Waals surface area contributed by atoms with E-state index in [-0.39, 0.29) is 12.1 Å². The topological polar surface area (TPSA) is 125 Å². The van der Waals surface area contributed by atoms with Crippen molar-refractivity contribution in [2.24, 2.45) is 5.92 Å². The van der Waals surface area contributed by atoms with Crippen molar-refractivity contribution < 1.29 is 33.0 Å². The lowest BCUT2D eigenvalue weighted by atomic mass is 9.98. The zero-order chi connectivity index (χ0) is 23.7. The predicted molar refractivity (Wildman–Crippen MR) is 109 cm³/mol. The number of carbonyl (C=O) groups is 2. The molecule has 12 heteroatoms. The number of piperidine rings is 1. The van der Waals surface area contributed by atoms with E-state index in [1.807, 2.05) is 24.3 Å². The SMILES string of the molecule is O=C(O)C(F)(F)F.O=C(O)CNCC1CCCN(CCn2cnc3ccccc3c2=O)C1. The maximum atomic E-state index is 12.5. The monoisotopic (exact) mass is 458 g/mol. The zero-order valence-electron chi connectivity index (χ0n) is 17.2. The Bertz CT molecular complexity index is 980. The first-order valence-electron chi connectivity index (χ1n) is 9.97. The molecule has 9 nitrogen and oxygen atoms in total. The minimum absolute atomic E-state index is 0.00212. The van der Waals surface area contributed by atoms with Crippen molar-refractivity contribution in [3.05, 3.63) is 40.9 Å². The van der Waals surface area contributed by atoms with Crippen molar-refractivity contribution in [2.75, 3.05) is 32.7 Å². The summed E-state index contributed by atoms with van der Waals surface area (Å²) in [5.74, 6) is -3.12. The zero-order valence-corrected chi connectivity index (χ0v) is 17.2. The van der Waals surface area contributed by atoms with Crippen LogP contribution >= 0.6 is 0 Å². The number of hydrogen-bond donors (Lipinski definition) is 3. The van der Waals surface area contributed by atoms with E-state index in [1.165, 1.54) is 0 Å². The number of nitrogens with one attached hydrogen (secondary N) is 1. The molecule has 1 saturated heterocycles. The molecule has 1 aromatic heterocycles. The van der Waals surface area contributed by atoms with Gasteiger partial charge in [0.2, 0.25) is 0 Å². The molecule has 1 aliphatic rings. The Balaban J connectivity index is 0.000000451. The van der Waals surface area contributed by atoms with Crippen LogP contribution in [0.4, 0.5) is 13.2 Å². The van der Waals surface area contributed by atoms with Gasteiger partial charge in [-0.1, -0.05) is 12.1 Å². The molecule has 3 N–H and O–H groups in total. The number of halogens is 3. The summed E-state index contributed by atoms with van der Waals surface area (Å²) in [6.45, 7) is 4.10. The lowest BCUT2D eigenvalue weighted by Gasteiger charge is -2.32. The summed E-state index contributed by atoms with van der Waals surface area (Å²) in [6, 6.07) is 7.40. The summed E-state index contributed by atoms with van der Waals surface area (Å²) < 4.78 is 33.4. The first-order chi connectivity index (χ1) is 15.1. The lowest BCUT2D eigenvalue weighted by Crippen LogP contribution is -2.42. The first-order valence-corrected chi connectivity index (χ1v) is 9.97. The summed E-state index contributed by atoms with van der Waals surface area (Å²) in [4.78, 5) is 38.7. The highest BCUT2D eigenvalue weighted by Crippen LogP contribution is 2.15. The lowest BCUT2D eigenvalue weighted by molar-refractivity contribution is -0.192. The van der Waals surface area contributed by atoms with E-state index in [1.54, 1.807) is 10.9 Å². The van der Waals surface area contributed by atoms with Crippen LogP contribution < -0.4 is 10.9 Å². The van der Waals surface area contributed by atoms with E-state index in [2.05, 4.69) is 15.2 Å². The van der Waals surface area contributed by atoms with Crippen LogP contribution in [0, 0.1) is 5.92 Å². The van der Waals surface area contributed by atoms with Crippen molar-refractivity contribution in [2.45, 2.75) is 25.6 Å². The van der Waals surface area contributed by atoms with Crippen molar-refractivity contribution in [3.8, 4) is 0 Å². The maximum absolute atomic E-state index is 12.5. The number of rotatable bonds is 7. The average Bonchev–Trinajstić information content (AvgIpc) is 2.73. The second kappa shape index (κ2) is 11.6. The molecule has 1 fully saturated rings. The number of likely N-dealkylation sites (tertiary alicyclic amines) is 1. The van der Waals surface area contributed by atoms with E-state index in [0.29, 0.717) is 17.8 Å². The number of aromatic nitrogens is 2. The highest BCUT2D eigenvalue weighted by molar-refractivity contribution is 5.76. The molecule has 2 aromatic rings. The highest BCUT2D eigenvalue weighted by atomic mass is 19.4. The smallest absolute Gasteiger partial charge is 0.480 e. The quantitative estimate of drug-likeness (QED) is 0.569. The van der Waals surface area contributed by atoms with E-state index >= 15 is 0 Å². The molecule has 3 rings (SSSR count). The molecule has 2 heterocycles. The van der Waals surface area contributed by atoms with Crippen molar-refractivity contribution in [3.63, 3.8) is 0 Å². The number of fused-ring (bicyclic) bond motifs is 1. The van der Waals surface area contributed by atoms with Crippen LogP contribution in [-0.2, 0) is 16.1 Å². The summed E-state index contributed by atoms with van der Waals surface area (Å²) >= 11 is 0. The molecule has 0 amide bonds. The van der Waals surface area contributed by atoms with E-state index in [0.717, 1.165) is 44.5 Å². The molecular formula is C20H25F3N4O5. The van der Waals surface area contributed by atoms with Crippen LogP contribution in [0.2, 0.25) is 0 Å². The standard InChI is InChI=1S/C18H24N4O3.C2HF3O2/c23-17(24)11-19-10-14-4-3-7-21(12-14)8-9-22-13-20-16-6-2-1-5-15(16)18(22)25;3-2(4,5)1(6)7/h1-2,5-6,13-14,19H,3-4,7-12H2,(H,23,24);(H,6,7). The van der Waals surface area contributed by atoms with E-state index < -0.39 is 18.1 Å². The van der Waals surface area contributed by atoms with Crippen LogP contribution in [0.15, 0.2) is 35.4 Å². The molecule has 32 heavy (non-hydrogen) atoms. The molecule has 176 valence electrons. The molecule has 1 aromatic carbocycles. The Morgan fingerprint density at radius 3 is 2.53 bits per heavy atom. The number of benzene rings is 1. The Morgan fingerprint density at radius 1 is 1.19 bits per heavy atom. The number of alkyl halides is 3. The fraction of sp³-hybridized carbons (Fsp3) is 0.500. The van der Waals surface area contributed by atoms with Gasteiger partial charge in [0.1, 0.15) is 0 Å². The molecule has 1 unspecified atom stereocenters. The number of hydrogen-bond acceptors (Lipinski definition) is 6. The number of carboxylic acids is 2. The van der Waals surface area contributed by atoms with Crippen LogP contribution in [-0.4, -0.2) is 75.5 Å². The van der Waals surface area contributed by atoms with Gasteiger partial charge < -0.3 is 20.4 Å². The second-order valence-corrected chi connectivity index (χ2v) is 7.40. The van der Waals surface area contributed by atoms with Crippen LogP contribution in [0.25, 0.3) is 10.9 Å². The molecule has 0 spiro atoms. The van der Waals surface area contributed by atoms with Crippen molar-refractivity contribution >= 4 is 22.8 Å². The van der Waals surface area contributed by atoms with E-state index in [4.69, 9.17) is 15.0 Å². The maximum Gasteiger partial charge on any atom is 0.490 e. The van der Waals surface area contributed by atoms with Crippen LogP contribution in [0.3, 0.4) is 0 Å². The largest absolute Gasteiger partial charge is 0.490 e. The minimum atomic E-state index is -5.08. The molecule has 1 aliphatic heterocycles. The normalized spacial score (nSPS) is 16.9. The molecule has 1 atom stereocenters. The molecule has 0 bridgehead atoms. The highest BCUT2D eigenvalue weighted by Gasteiger charge is 2.38. The van der Waals surface area contributed by atoms with E-state index in [9.17, 15) is 22.8 Å². The molecule has 0 radical (unpaired) electrons. The Kier molecular flexibility index (Phi) is 9.14. The van der Waals surface area contributed by atoms with Gasteiger partial charge in [-0.3, -0.25) is 14.2 Å². The molecule has 0 aliphatic carbocycles. The fourth-order valence-corrected chi connectivity index (χ4v) is 3.42. The van der Waals surface area contributed by atoms with Crippen LogP contribution in [0.1, 0.15) is 12.8 Å². The molecule has 0 saturated carbocycles. The van der Waals surface area contributed by atoms with Gasteiger partial charge in [-0.15, -0.1) is 0 Å². The Labute approximate surface area is 181 Å². The third kappa shape index (κ3) is 7.93. The van der Waals surface area contributed by atoms with Crippen molar-refractivity contribution in [1.29, 1.82) is 0 Å². The summed E-state index contributed by atoms with van der Waals surface area (Å²) in [6.07, 6.45) is -1.24. The summed E-state index contributed by atoms with van der Waals surface area (Å²) in [5.41, 5.74) is 0.730.